The number of rotatable bonds is 7. The third-order valence-corrected chi connectivity index (χ3v) is 2.77. The van der Waals surface area contributed by atoms with Gasteiger partial charge in [0.25, 0.3) is 0 Å². The number of methoxy groups -OCH3 is 1. The molecule has 0 atom stereocenters. The third kappa shape index (κ3) is 5.99. The van der Waals surface area contributed by atoms with Gasteiger partial charge in [0.1, 0.15) is 0 Å². The smallest absolute Gasteiger partial charge is 0.161 e. The molecule has 1 aromatic carbocycles. The second kappa shape index (κ2) is 7.81. The van der Waals surface area contributed by atoms with Gasteiger partial charge in [-0.25, -0.2) is 0 Å². The SMILES string of the molecule is C#CCCCOc1ccc(CNC(C)(C)C)cc1OC. The van der Waals surface area contributed by atoms with Crippen LogP contribution in [0.4, 0.5) is 0 Å². The molecule has 0 fully saturated rings. The number of hydrogen-bond acceptors (Lipinski definition) is 3. The van der Waals surface area contributed by atoms with Crippen molar-refractivity contribution in [3.8, 4) is 23.8 Å². The summed E-state index contributed by atoms with van der Waals surface area (Å²) in [5, 5.41) is 3.45. The fourth-order valence-corrected chi connectivity index (χ4v) is 1.66. The van der Waals surface area contributed by atoms with Gasteiger partial charge in [-0.3, -0.25) is 0 Å². The maximum Gasteiger partial charge on any atom is 0.161 e. The van der Waals surface area contributed by atoms with E-state index < -0.39 is 0 Å². The van der Waals surface area contributed by atoms with E-state index in [0.717, 1.165) is 30.9 Å². The van der Waals surface area contributed by atoms with Crippen LogP contribution in [0.3, 0.4) is 0 Å². The first kappa shape index (κ1) is 16.4. The Morgan fingerprint density at radius 1 is 1.25 bits per heavy atom. The monoisotopic (exact) mass is 275 g/mol. The molecule has 0 aromatic heterocycles. The van der Waals surface area contributed by atoms with Crippen molar-refractivity contribution in [1.82, 2.24) is 5.32 Å². The van der Waals surface area contributed by atoms with Gasteiger partial charge in [-0.1, -0.05) is 6.07 Å². The number of ether oxygens (including phenoxy) is 2. The molecule has 0 unspecified atom stereocenters. The van der Waals surface area contributed by atoms with Crippen molar-refractivity contribution < 1.29 is 9.47 Å². The van der Waals surface area contributed by atoms with Crippen molar-refractivity contribution in [3.63, 3.8) is 0 Å². The lowest BCUT2D eigenvalue weighted by molar-refractivity contribution is 0.290. The molecule has 0 aliphatic rings. The van der Waals surface area contributed by atoms with Gasteiger partial charge in [0.05, 0.1) is 13.7 Å². The first-order valence-electron chi connectivity index (χ1n) is 6.94. The fraction of sp³-hybridized carbons (Fsp3) is 0.529. The van der Waals surface area contributed by atoms with Crippen molar-refractivity contribution >= 4 is 0 Å². The Morgan fingerprint density at radius 3 is 2.60 bits per heavy atom. The Kier molecular flexibility index (Phi) is 6.41. The van der Waals surface area contributed by atoms with E-state index in [4.69, 9.17) is 15.9 Å². The molecule has 0 spiro atoms. The molecule has 1 rings (SSSR count). The Morgan fingerprint density at radius 2 is 2.00 bits per heavy atom. The molecule has 0 saturated heterocycles. The zero-order valence-electron chi connectivity index (χ0n) is 13.0. The summed E-state index contributed by atoms with van der Waals surface area (Å²) in [5.41, 5.74) is 1.27. The number of hydrogen-bond donors (Lipinski definition) is 1. The Labute approximate surface area is 122 Å². The van der Waals surface area contributed by atoms with E-state index >= 15 is 0 Å². The van der Waals surface area contributed by atoms with Crippen LogP contribution in [-0.2, 0) is 6.54 Å². The Bertz CT molecular complexity index is 455. The first-order chi connectivity index (χ1) is 9.46. The van der Waals surface area contributed by atoms with E-state index in [1.165, 1.54) is 5.56 Å². The van der Waals surface area contributed by atoms with Crippen LogP contribution in [0.15, 0.2) is 18.2 Å². The third-order valence-electron chi connectivity index (χ3n) is 2.77. The van der Waals surface area contributed by atoms with Crippen molar-refractivity contribution in [2.75, 3.05) is 13.7 Å². The number of unbranched alkanes of at least 4 members (excludes halogenated alkanes) is 1. The molecule has 3 nitrogen and oxygen atoms in total. The lowest BCUT2D eigenvalue weighted by Gasteiger charge is -2.21. The highest BCUT2D eigenvalue weighted by Gasteiger charge is 2.10. The minimum Gasteiger partial charge on any atom is -0.493 e. The van der Waals surface area contributed by atoms with Gasteiger partial charge >= 0.3 is 0 Å². The van der Waals surface area contributed by atoms with Crippen molar-refractivity contribution in [2.24, 2.45) is 0 Å². The van der Waals surface area contributed by atoms with E-state index in [9.17, 15) is 0 Å². The van der Waals surface area contributed by atoms with Crippen molar-refractivity contribution in [3.05, 3.63) is 23.8 Å². The molecule has 3 heteroatoms. The second-order valence-electron chi connectivity index (χ2n) is 5.74. The van der Waals surface area contributed by atoms with Crippen LogP contribution in [0.2, 0.25) is 0 Å². The van der Waals surface area contributed by atoms with Gasteiger partial charge in [0.2, 0.25) is 0 Å². The van der Waals surface area contributed by atoms with Gasteiger partial charge < -0.3 is 14.8 Å². The topological polar surface area (TPSA) is 30.5 Å². The van der Waals surface area contributed by atoms with Gasteiger partial charge in [-0.15, -0.1) is 12.3 Å². The molecular formula is C17H25NO2. The molecule has 0 bridgehead atoms. The van der Waals surface area contributed by atoms with Crippen LogP contribution in [0.1, 0.15) is 39.2 Å². The summed E-state index contributed by atoms with van der Waals surface area (Å²) in [4.78, 5) is 0. The Balaban J connectivity index is 2.63. The van der Waals surface area contributed by atoms with E-state index in [2.05, 4.69) is 38.1 Å². The van der Waals surface area contributed by atoms with Crippen LogP contribution in [-0.4, -0.2) is 19.3 Å². The average Bonchev–Trinajstić information content (AvgIpc) is 2.41. The van der Waals surface area contributed by atoms with Crippen LogP contribution in [0, 0.1) is 12.3 Å². The quantitative estimate of drug-likeness (QED) is 0.611. The average molecular weight is 275 g/mol. The number of terminal acetylenes is 1. The van der Waals surface area contributed by atoms with Gasteiger partial charge in [-0.2, -0.15) is 0 Å². The van der Waals surface area contributed by atoms with E-state index in [1.807, 2.05) is 12.1 Å². The van der Waals surface area contributed by atoms with E-state index in [-0.39, 0.29) is 5.54 Å². The molecular weight excluding hydrogens is 250 g/mol. The lowest BCUT2D eigenvalue weighted by Crippen LogP contribution is -2.35. The maximum absolute atomic E-state index is 5.69. The zero-order valence-corrected chi connectivity index (χ0v) is 13.0. The summed E-state index contributed by atoms with van der Waals surface area (Å²) in [6.07, 6.45) is 6.80. The van der Waals surface area contributed by atoms with Gasteiger partial charge in [0.15, 0.2) is 11.5 Å². The predicted molar refractivity (Wildman–Crippen MR) is 83.1 cm³/mol. The lowest BCUT2D eigenvalue weighted by atomic mass is 10.1. The fourth-order valence-electron chi connectivity index (χ4n) is 1.66. The minimum atomic E-state index is 0.0949. The van der Waals surface area contributed by atoms with E-state index in [0.29, 0.717) is 6.61 Å². The molecule has 20 heavy (non-hydrogen) atoms. The highest BCUT2D eigenvalue weighted by molar-refractivity contribution is 5.43. The second-order valence-corrected chi connectivity index (χ2v) is 5.74. The van der Waals surface area contributed by atoms with Crippen LogP contribution in [0.25, 0.3) is 0 Å². The van der Waals surface area contributed by atoms with Crippen molar-refractivity contribution in [2.45, 2.75) is 45.7 Å². The van der Waals surface area contributed by atoms with Crippen LogP contribution < -0.4 is 14.8 Å². The standard InChI is InChI=1S/C17H25NO2/c1-6-7-8-11-20-15-10-9-14(12-16(15)19-5)13-18-17(2,3)4/h1,9-10,12,18H,7-8,11,13H2,2-5H3. The van der Waals surface area contributed by atoms with Crippen molar-refractivity contribution in [1.29, 1.82) is 0 Å². The molecule has 0 radical (unpaired) electrons. The van der Waals surface area contributed by atoms with Crippen LogP contribution in [0.5, 0.6) is 11.5 Å². The van der Waals surface area contributed by atoms with Gasteiger partial charge in [-0.05, 0) is 44.9 Å². The molecule has 0 heterocycles. The summed E-state index contributed by atoms with van der Waals surface area (Å²) >= 11 is 0. The van der Waals surface area contributed by atoms with E-state index in [1.54, 1.807) is 7.11 Å². The highest BCUT2D eigenvalue weighted by Crippen LogP contribution is 2.28. The largest absolute Gasteiger partial charge is 0.493 e. The molecule has 1 N–H and O–H groups in total. The Hall–Kier alpha value is -1.66. The number of benzene rings is 1. The normalized spacial score (nSPS) is 10.9. The molecule has 0 aliphatic heterocycles. The zero-order chi connectivity index (χ0) is 15.0. The summed E-state index contributed by atoms with van der Waals surface area (Å²) in [6.45, 7) is 7.85. The summed E-state index contributed by atoms with van der Waals surface area (Å²) in [5.74, 6) is 4.13. The molecule has 0 amide bonds. The molecule has 110 valence electrons. The molecule has 0 aliphatic carbocycles. The summed E-state index contributed by atoms with van der Waals surface area (Å²) < 4.78 is 11.1. The predicted octanol–water partition coefficient (Wildman–Crippen LogP) is 3.38. The van der Waals surface area contributed by atoms with Crippen LogP contribution >= 0.6 is 0 Å². The summed E-state index contributed by atoms with van der Waals surface area (Å²) in [6, 6.07) is 6.02. The minimum absolute atomic E-state index is 0.0949. The molecule has 1 aromatic rings. The number of nitrogens with one attached hydrogen (secondary N) is 1. The maximum atomic E-state index is 5.69. The first-order valence-corrected chi connectivity index (χ1v) is 6.94. The molecule has 0 saturated carbocycles. The van der Waals surface area contributed by atoms with Gasteiger partial charge in [0, 0.05) is 18.5 Å². The summed E-state index contributed by atoms with van der Waals surface area (Å²) in [7, 11) is 1.66. The highest BCUT2D eigenvalue weighted by atomic mass is 16.5.